The van der Waals surface area contributed by atoms with Crippen LogP contribution in [0.4, 0.5) is 4.39 Å². The first-order valence-electron chi connectivity index (χ1n) is 4.67. The van der Waals surface area contributed by atoms with Crippen molar-refractivity contribution < 1.29 is 13.9 Å². The quantitative estimate of drug-likeness (QED) is 0.598. The highest BCUT2D eigenvalue weighted by molar-refractivity contribution is 5.79. The molecule has 1 unspecified atom stereocenters. The third kappa shape index (κ3) is 1.62. The van der Waals surface area contributed by atoms with Crippen molar-refractivity contribution in [2.24, 2.45) is 5.92 Å². The molecule has 1 aliphatic heterocycles. The maximum absolute atomic E-state index is 13.4. The highest BCUT2D eigenvalue weighted by Gasteiger charge is 2.23. The number of carbonyl (C=O) groups is 1. The molecule has 0 radical (unpaired) electrons. The van der Waals surface area contributed by atoms with Gasteiger partial charge in [0, 0.05) is 17.6 Å². The highest BCUT2D eigenvalue weighted by Crippen LogP contribution is 2.31. The average Bonchev–Trinajstić information content (AvgIpc) is 2.56. The Hall–Kier alpha value is -1.38. The number of fused-ring (bicyclic) bond motifs is 1. The molecule has 1 atom stereocenters. The van der Waals surface area contributed by atoms with Crippen LogP contribution in [0.25, 0.3) is 0 Å². The summed E-state index contributed by atoms with van der Waals surface area (Å²) in [6.07, 6.45) is 6.98. The molecule has 1 fully saturated rings. The third-order valence-corrected chi connectivity index (χ3v) is 2.53. The monoisotopic (exact) mass is 194 g/mol. The first kappa shape index (κ1) is 9.19. The second-order valence-electron chi connectivity index (χ2n) is 3.44. The van der Waals surface area contributed by atoms with Gasteiger partial charge >= 0.3 is 0 Å². The Labute approximate surface area is 81.7 Å². The SMILES string of the molecule is O=CC1=C(F)/C=C2/OCCC2C/C=C\1. The van der Waals surface area contributed by atoms with Crippen molar-refractivity contribution in [3.05, 3.63) is 35.4 Å². The van der Waals surface area contributed by atoms with Crippen LogP contribution in [-0.4, -0.2) is 12.9 Å². The van der Waals surface area contributed by atoms with E-state index in [1.54, 1.807) is 0 Å². The van der Waals surface area contributed by atoms with E-state index in [2.05, 4.69) is 0 Å². The van der Waals surface area contributed by atoms with Gasteiger partial charge in [-0.05, 0) is 12.8 Å². The van der Waals surface area contributed by atoms with Crippen molar-refractivity contribution in [2.45, 2.75) is 12.8 Å². The molecule has 0 bridgehead atoms. The Morgan fingerprint density at radius 3 is 3.21 bits per heavy atom. The Kier molecular flexibility index (Phi) is 2.48. The molecule has 3 heteroatoms. The first-order valence-corrected chi connectivity index (χ1v) is 4.67. The fourth-order valence-corrected chi connectivity index (χ4v) is 1.72. The van der Waals surface area contributed by atoms with Crippen LogP contribution in [0.1, 0.15) is 12.8 Å². The van der Waals surface area contributed by atoms with E-state index < -0.39 is 5.83 Å². The van der Waals surface area contributed by atoms with E-state index >= 15 is 0 Å². The van der Waals surface area contributed by atoms with Crippen molar-refractivity contribution in [3.8, 4) is 0 Å². The summed E-state index contributed by atoms with van der Waals surface area (Å²) in [7, 11) is 0. The van der Waals surface area contributed by atoms with Gasteiger partial charge < -0.3 is 4.74 Å². The van der Waals surface area contributed by atoms with Crippen LogP contribution in [-0.2, 0) is 9.53 Å². The number of carbonyl (C=O) groups excluding carboxylic acids is 1. The Bertz CT molecular complexity index is 339. The van der Waals surface area contributed by atoms with Crippen molar-refractivity contribution >= 4 is 6.29 Å². The van der Waals surface area contributed by atoms with Crippen LogP contribution in [0.5, 0.6) is 0 Å². The zero-order valence-electron chi connectivity index (χ0n) is 7.70. The number of halogens is 1. The highest BCUT2D eigenvalue weighted by atomic mass is 19.1. The fraction of sp³-hybridized carbons (Fsp3) is 0.364. The second-order valence-corrected chi connectivity index (χ2v) is 3.44. The Morgan fingerprint density at radius 2 is 2.43 bits per heavy atom. The fourth-order valence-electron chi connectivity index (χ4n) is 1.72. The molecular formula is C11H11FO2. The molecule has 0 saturated carbocycles. The molecule has 2 aliphatic rings. The molecule has 14 heavy (non-hydrogen) atoms. The number of ether oxygens (including phenoxy) is 1. The van der Waals surface area contributed by atoms with Gasteiger partial charge in [0.2, 0.25) is 0 Å². The predicted octanol–water partition coefficient (Wildman–Crippen LogP) is 2.29. The van der Waals surface area contributed by atoms with Crippen molar-refractivity contribution in [1.82, 2.24) is 0 Å². The van der Waals surface area contributed by atoms with Gasteiger partial charge in [-0.1, -0.05) is 12.2 Å². The van der Waals surface area contributed by atoms with Crippen molar-refractivity contribution in [3.63, 3.8) is 0 Å². The van der Waals surface area contributed by atoms with Gasteiger partial charge in [0.1, 0.15) is 11.6 Å². The Balaban J connectivity index is 2.38. The molecule has 0 aromatic carbocycles. The summed E-state index contributed by atoms with van der Waals surface area (Å²) in [5.41, 5.74) is 0.0893. The van der Waals surface area contributed by atoms with Crippen LogP contribution in [0.2, 0.25) is 0 Å². The van der Waals surface area contributed by atoms with E-state index in [1.165, 1.54) is 12.2 Å². The van der Waals surface area contributed by atoms with Gasteiger partial charge in [0.25, 0.3) is 0 Å². The van der Waals surface area contributed by atoms with E-state index in [4.69, 9.17) is 4.74 Å². The van der Waals surface area contributed by atoms with Crippen LogP contribution in [0.3, 0.4) is 0 Å². The van der Waals surface area contributed by atoms with Crippen LogP contribution >= 0.6 is 0 Å². The lowest BCUT2D eigenvalue weighted by molar-refractivity contribution is -0.104. The number of allylic oxidation sites excluding steroid dienone is 6. The van der Waals surface area contributed by atoms with Gasteiger partial charge in [0.15, 0.2) is 6.29 Å². The summed E-state index contributed by atoms with van der Waals surface area (Å²) in [6, 6.07) is 0. The van der Waals surface area contributed by atoms with Crippen molar-refractivity contribution in [2.75, 3.05) is 6.61 Å². The van der Waals surface area contributed by atoms with E-state index in [-0.39, 0.29) is 11.5 Å². The minimum Gasteiger partial charge on any atom is -0.497 e. The number of hydrogen-bond acceptors (Lipinski definition) is 2. The molecule has 0 aromatic heterocycles. The predicted molar refractivity (Wildman–Crippen MR) is 50.1 cm³/mol. The molecule has 2 rings (SSSR count). The summed E-state index contributed by atoms with van der Waals surface area (Å²) in [6.45, 7) is 0.647. The smallest absolute Gasteiger partial charge is 0.152 e. The molecule has 2 nitrogen and oxygen atoms in total. The third-order valence-electron chi connectivity index (χ3n) is 2.53. The van der Waals surface area contributed by atoms with Gasteiger partial charge in [0.05, 0.1) is 6.61 Å². The van der Waals surface area contributed by atoms with E-state index in [0.29, 0.717) is 18.7 Å². The van der Waals surface area contributed by atoms with Crippen LogP contribution in [0, 0.1) is 5.92 Å². The zero-order valence-corrected chi connectivity index (χ0v) is 7.70. The number of aldehydes is 1. The van der Waals surface area contributed by atoms with Gasteiger partial charge in [-0.2, -0.15) is 0 Å². The zero-order chi connectivity index (χ0) is 9.97. The molecule has 1 aliphatic carbocycles. The lowest BCUT2D eigenvalue weighted by Crippen LogP contribution is -1.99. The summed E-state index contributed by atoms with van der Waals surface area (Å²) in [4.78, 5) is 10.5. The Morgan fingerprint density at radius 1 is 1.57 bits per heavy atom. The van der Waals surface area contributed by atoms with Gasteiger partial charge in [-0.15, -0.1) is 0 Å². The summed E-state index contributed by atoms with van der Waals surface area (Å²) < 4.78 is 18.7. The van der Waals surface area contributed by atoms with Crippen LogP contribution in [0.15, 0.2) is 35.4 Å². The van der Waals surface area contributed by atoms with Crippen LogP contribution < -0.4 is 0 Å². The molecule has 74 valence electrons. The van der Waals surface area contributed by atoms with E-state index in [0.717, 1.165) is 12.8 Å². The maximum atomic E-state index is 13.4. The molecule has 1 heterocycles. The molecule has 0 aromatic rings. The number of rotatable bonds is 1. The molecule has 0 N–H and O–H groups in total. The number of hydrogen-bond donors (Lipinski definition) is 0. The maximum Gasteiger partial charge on any atom is 0.152 e. The van der Waals surface area contributed by atoms with Gasteiger partial charge in [-0.25, -0.2) is 4.39 Å². The molecule has 0 amide bonds. The van der Waals surface area contributed by atoms with E-state index in [1.807, 2.05) is 6.08 Å². The summed E-state index contributed by atoms with van der Waals surface area (Å²) in [5.74, 6) is 0.453. The lowest BCUT2D eigenvalue weighted by atomic mass is 9.98. The summed E-state index contributed by atoms with van der Waals surface area (Å²) in [5, 5.41) is 0. The second kappa shape index (κ2) is 3.78. The minimum atomic E-state index is -0.502. The molecule has 0 spiro atoms. The first-order chi connectivity index (χ1) is 6.81. The molecule has 1 saturated heterocycles. The largest absolute Gasteiger partial charge is 0.497 e. The minimum absolute atomic E-state index is 0.0893. The molecular weight excluding hydrogens is 183 g/mol. The topological polar surface area (TPSA) is 26.3 Å². The lowest BCUT2D eigenvalue weighted by Gasteiger charge is -2.09. The van der Waals surface area contributed by atoms with Crippen molar-refractivity contribution in [1.29, 1.82) is 0 Å². The standard InChI is InChI=1S/C11H11FO2/c12-10-6-11-8(4-5-14-11)2-1-3-9(10)7-13/h1,3,6-8H,2,4-5H2/b3-1-,10-9-,11-6+. The summed E-state index contributed by atoms with van der Waals surface area (Å²) >= 11 is 0. The van der Waals surface area contributed by atoms with Gasteiger partial charge in [-0.3, -0.25) is 4.79 Å². The average molecular weight is 194 g/mol. The van der Waals surface area contributed by atoms with E-state index in [9.17, 15) is 9.18 Å². The normalized spacial score (nSPS) is 37.2.